The first-order chi connectivity index (χ1) is 18.6. The van der Waals surface area contributed by atoms with Crippen LogP contribution >= 0.6 is 0 Å². The molecule has 0 unspecified atom stereocenters. The number of pyridine rings is 1. The lowest BCUT2D eigenvalue weighted by molar-refractivity contribution is -0.133. The number of amides is 2. The molecule has 4 rings (SSSR count). The molecule has 0 saturated heterocycles. The van der Waals surface area contributed by atoms with Crippen LogP contribution in [0.15, 0.2) is 82.1 Å². The quantitative estimate of drug-likeness (QED) is 0.310. The molecule has 0 fully saturated rings. The van der Waals surface area contributed by atoms with Gasteiger partial charge in [0.15, 0.2) is 0 Å². The summed E-state index contributed by atoms with van der Waals surface area (Å²) in [6.07, 6.45) is 5.47. The van der Waals surface area contributed by atoms with Gasteiger partial charge < -0.3 is 20.0 Å². The summed E-state index contributed by atoms with van der Waals surface area (Å²) < 4.78 is 5.45. The van der Waals surface area contributed by atoms with Gasteiger partial charge in [-0.1, -0.05) is 36.4 Å². The third kappa shape index (κ3) is 6.75. The van der Waals surface area contributed by atoms with E-state index in [1.54, 1.807) is 57.1 Å². The molecule has 2 amide bonds. The van der Waals surface area contributed by atoms with Crippen molar-refractivity contribution >= 4 is 40.5 Å². The SMILES string of the molecule is Cc1c(NC(=O)C=Cc2ccccc2)ccc2nc(NC(C)(C)C(=O)N(C)CCc3ccccn3)oc(=O)c12. The highest BCUT2D eigenvalue weighted by Gasteiger charge is 2.32. The molecule has 9 nitrogen and oxygen atoms in total. The predicted molar refractivity (Wildman–Crippen MR) is 152 cm³/mol. The van der Waals surface area contributed by atoms with Crippen molar-refractivity contribution in [3.63, 3.8) is 0 Å². The van der Waals surface area contributed by atoms with Crippen LogP contribution in [0, 0.1) is 6.92 Å². The molecular weight excluding hydrogens is 494 g/mol. The Bertz CT molecular complexity index is 1560. The molecule has 2 N–H and O–H groups in total. The van der Waals surface area contributed by atoms with Gasteiger partial charge >= 0.3 is 5.63 Å². The number of carbonyl (C=O) groups is 2. The second-order valence-electron chi connectivity index (χ2n) is 9.72. The molecular formula is C30H31N5O4. The second kappa shape index (κ2) is 11.7. The largest absolute Gasteiger partial charge is 0.389 e. The minimum Gasteiger partial charge on any atom is -0.389 e. The third-order valence-electron chi connectivity index (χ3n) is 6.27. The van der Waals surface area contributed by atoms with Crippen LogP contribution < -0.4 is 16.3 Å². The summed E-state index contributed by atoms with van der Waals surface area (Å²) in [6, 6.07) is 18.4. The molecule has 0 aliphatic carbocycles. The number of anilines is 2. The van der Waals surface area contributed by atoms with E-state index in [1.165, 1.54) is 6.08 Å². The van der Waals surface area contributed by atoms with Gasteiger partial charge in [-0.15, -0.1) is 0 Å². The van der Waals surface area contributed by atoms with Crippen LogP contribution in [0.3, 0.4) is 0 Å². The maximum atomic E-state index is 13.1. The third-order valence-corrected chi connectivity index (χ3v) is 6.27. The zero-order valence-corrected chi connectivity index (χ0v) is 22.4. The molecule has 2 aromatic carbocycles. The number of hydrogen-bond donors (Lipinski definition) is 2. The fourth-order valence-corrected chi connectivity index (χ4v) is 4.15. The van der Waals surface area contributed by atoms with E-state index in [0.29, 0.717) is 29.7 Å². The summed E-state index contributed by atoms with van der Waals surface area (Å²) >= 11 is 0. The van der Waals surface area contributed by atoms with Gasteiger partial charge in [0.05, 0.1) is 10.9 Å². The summed E-state index contributed by atoms with van der Waals surface area (Å²) in [5.74, 6) is -0.523. The van der Waals surface area contributed by atoms with Gasteiger partial charge in [0.2, 0.25) is 11.8 Å². The molecule has 0 aliphatic rings. The average molecular weight is 526 g/mol. The van der Waals surface area contributed by atoms with Crippen LogP contribution in [0.25, 0.3) is 17.0 Å². The van der Waals surface area contributed by atoms with Crippen LogP contribution in [0.4, 0.5) is 11.7 Å². The summed E-state index contributed by atoms with van der Waals surface area (Å²) in [5.41, 5.74) is 1.47. The fourth-order valence-electron chi connectivity index (χ4n) is 4.15. The maximum absolute atomic E-state index is 13.1. The maximum Gasteiger partial charge on any atom is 0.348 e. The molecule has 39 heavy (non-hydrogen) atoms. The van der Waals surface area contributed by atoms with Crippen LogP contribution in [-0.2, 0) is 16.0 Å². The molecule has 0 bridgehead atoms. The van der Waals surface area contributed by atoms with Gasteiger partial charge in [0.1, 0.15) is 5.54 Å². The number of rotatable bonds is 9. The van der Waals surface area contributed by atoms with E-state index in [9.17, 15) is 14.4 Å². The fraction of sp³-hybridized carbons (Fsp3) is 0.233. The van der Waals surface area contributed by atoms with E-state index in [-0.39, 0.29) is 23.2 Å². The molecule has 0 aliphatic heterocycles. The minimum absolute atomic E-state index is 0.0639. The van der Waals surface area contributed by atoms with E-state index in [1.807, 2.05) is 48.5 Å². The number of fused-ring (bicyclic) bond motifs is 1. The molecule has 2 aromatic heterocycles. The van der Waals surface area contributed by atoms with Crippen LogP contribution in [0.2, 0.25) is 0 Å². The van der Waals surface area contributed by atoms with Crippen LogP contribution in [0.5, 0.6) is 0 Å². The minimum atomic E-state index is -1.09. The van der Waals surface area contributed by atoms with Crippen molar-refractivity contribution in [2.75, 3.05) is 24.2 Å². The van der Waals surface area contributed by atoms with Crippen molar-refractivity contribution in [1.82, 2.24) is 14.9 Å². The normalized spacial score (nSPS) is 11.5. The van der Waals surface area contributed by atoms with Gasteiger partial charge in [-0.05, 0) is 62.2 Å². The monoisotopic (exact) mass is 525 g/mol. The molecule has 0 spiro atoms. The van der Waals surface area contributed by atoms with E-state index in [0.717, 1.165) is 11.3 Å². The number of hydrogen-bond acceptors (Lipinski definition) is 7. The van der Waals surface area contributed by atoms with Gasteiger partial charge in [0, 0.05) is 43.7 Å². The van der Waals surface area contributed by atoms with Crippen molar-refractivity contribution in [3.05, 3.63) is 100 Å². The number of nitrogens with zero attached hydrogens (tertiary/aromatic N) is 3. The zero-order chi connectivity index (χ0) is 28.0. The summed E-state index contributed by atoms with van der Waals surface area (Å²) in [5, 5.41) is 6.02. The van der Waals surface area contributed by atoms with Crippen molar-refractivity contribution in [3.8, 4) is 0 Å². The van der Waals surface area contributed by atoms with Crippen molar-refractivity contribution < 1.29 is 14.0 Å². The number of carbonyl (C=O) groups excluding carboxylic acids is 2. The molecule has 9 heteroatoms. The highest BCUT2D eigenvalue weighted by atomic mass is 16.4. The lowest BCUT2D eigenvalue weighted by Crippen LogP contribution is -2.49. The smallest absolute Gasteiger partial charge is 0.348 e. The van der Waals surface area contributed by atoms with Gasteiger partial charge in [-0.25, -0.2) is 4.79 Å². The Morgan fingerprint density at radius 1 is 1.05 bits per heavy atom. The Kier molecular flexibility index (Phi) is 8.19. The van der Waals surface area contributed by atoms with Crippen molar-refractivity contribution in [1.29, 1.82) is 0 Å². The molecule has 0 atom stereocenters. The Morgan fingerprint density at radius 3 is 2.51 bits per heavy atom. The van der Waals surface area contributed by atoms with Crippen molar-refractivity contribution in [2.24, 2.45) is 0 Å². The number of aromatic nitrogens is 2. The Labute approximate surface area is 226 Å². The Balaban J connectivity index is 1.47. The summed E-state index contributed by atoms with van der Waals surface area (Å²) in [7, 11) is 1.72. The summed E-state index contributed by atoms with van der Waals surface area (Å²) in [4.78, 5) is 48.8. The number of aryl methyl sites for hydroxylation is 1. The first kappa shape index (κ1) is 27.3. The molecule has 200 valence electrons. The second-order valence-corrected chi connectivity index (χ2v) is 9.72. The lowest BCUT2D eigenvalue weighted by Gasteiger charge is -2.30. The highest BCUT2D eigenvalue weighted by molar-refractivity contribution is 6.04. The number of benzene rings is 2. The molecule has 0 saturated carbocycles. The van der Waals surface area contributed by atoms with Gasteiger partial charge in [-0.3, -0.25) is 14.6 Å². The standard InChI is InChI=1S/C30H31N5O4/c1-20-23(32-25(36)16-13-21-10-6-5-7-11-21)14-15-24-26(20)27(37)39-29(33-24)34-30(2,3)28(38)35(4)19-17-22-12-8-9-18-31-22/h5-16,18H,17,19H2,1-4H3,(H,32,36)(H,33,34). The summed E-state index contributed by atoms with van der Waals surface area (Å²) in [6.45, 7) is 5.59. The molecule has 0 radical (unpaired) electrons. The molecule has 4 aromatic rings. The number of nitrogens with one attached hydrogen (secondary N) is 2. The van der Waals surface area contributed by atoms with E-state index < -0.39 is 11.2 Å². The first-order valence-electron chi connectivity index (χ1n) is 12.6. The predicted octanol–water partition coefficient (Wildman–Crippen LogP) is 4.43. The van der Waals surface area contributed by atoms with Crippen molar-refractivity contribution in [2.45, 2.75) is 32.7 Å². The van der Waals surface area contributed by atoms with E-state index in [2.05, 4.69) is 20.6 Å². The van der Waals surface area contributed by atoms with Crippen LogP contribution in [-0.4, -0.2) is 45.8 Å². The van der Waals surface area contributed by atoms with Crippen LogP contribution in [0.1, 0.15) is 30.7 Å². The topological polar surface area (TPSA) is 117 Å². The first-order valence-corrected chi connectivity index (χ1v) is 12.6. The molecule has 2 heterocycles. The van der Waals surface area contributed by atoms with E-state index in [4.69, 9.17) is 4.42 Å². The van der Waals surface area contributed by atoms with Gasteiger partial charge in [-0.2, -0.15) is 4.98 Å². The zero-order valence-electron chi connectivity index (χ0n) is 22.4. The Hall–Kier alpha value is -4.79. The average Bonchev–Trinajstić information content (AvgIpc) is 2.92. The van der Waals surface area contributed by atoms with Gasteiger partial charge in [0.25, 0.3) is 6.01 Å². The lowest BCUT2D eigenvalue weighted by atomic mass is 10.0. The highest BCUT2D eigenvalue weighted by Crippen LogP contribution is 2.24. The number of likely N-dealkylation sites (N-methyl/N-ethyl adjacent to an activating group) is 1. The van der Waals surface area contributed by atoms with E-state index >= 15 is 0 Å². The Morgan fingerprint density at radius 2 is 1.79 bits per heavy atom.